The Balaban J connectivity index is 1.07. The maximum absolute atomic E-state index is 14.6. The Morgan fingerprint density at radius 3 is 2.30 bits per heavy atom. The molecular formula is C37H32ClFN6O5. The second-order valence-corrected chi connectivity index (χ2v) is 12.6. The van der Waals surface area contributed by atoms with Crippen LogP contribution in [0.5, 0.6) is 0 Å². The van der Waals surface area contributed by atoms with Crippen LogP contribution >= 0.6 is 11.6 Å². The molecule has 1 aromatic heterocycles. The number of nitrogens with zero attached hydrogens (tertiary/aromatic N) is 2. The van der Waals surface area contributed by atoms with Crippen molar-refractivity contribution >= 4 is 52.3 Å². The third kappa shape index (κ3) is 6.21. The average Bonchev–Trinajstić information content (AvgIpc) is 3.80. The number of hydrogen-bond acceptors (Lipinski definition) is 5. The number of halogens is 2. The van der Waals surface area contributed by atoms with E-state index in [2.05, 4.69) is 16.0 Å². The molecular weight excluding hydrogens is 663 g/mol. The molecule has 2 aliphatic rings. The Labute approximate surface area is 291 Å². The second kappa shape index (κ2) is 13.6. The number of anilines is 1. The van der Waals surface area contributed by atoms with E-state index in [0.29, 0.717) is 16.6 Å². The molecule has 0 saturated carbocycles. The predicted octanol–water partition coefficient (Wildman–Crippen LogP) is 6.19. The molecule has 13 heteroatoms. The van der Waals surface area contributed by atoms with Crippen molar-refractivity contribution in [3.63, 3.8) is 0 Å². The summed E-state index contributed by atoms with van der Waals surface area (Å²) in [6, 6.07) is 24.3. The van der Waals surface area contributed by atoms with Crippen LogP contribution in [-0.2, 0) is 16.1 Å². The summed E-state index contributed by atoms with van der Waals surface area (Å²) >= 11 is 5.91. The van der Waals surface area contributed by atoms with Crippen LogP contribution in [0.1, 0.15) is 29.0 Å². The minimum Gasteiger partial charge on any atom is -0.449 e. The first-order chi connectivity index (χ1) is 24.2. The molecule has 11 nitrogen and oxygen atoms in total. The van der Waals surface area contributed by atoms with E-state index in [4.69, 9.17) is 22.1 Å². The van der Waals surface area contributed by atoms with Gasteiger partial charge in [-0.05, 0) is 40.8 Å². The minimum atomic E-state index is -1.04. The fourth-order valence-electron chi connectivity index (χ4n) is 6.85. The van der Waals surface area contributed by atoms with E-state index in [1.807, 2.05) is 48.5 Å². The van der Waals surface area contributed by atoms with Crippen molar-refractivity contribution in [3.05, 3.63) is 125 Å². The van der Waals surface area contributed by atoms with Crippen LogP contribution in [0.4, 0.5) is 24.5 Å². The molecule has 2 heterocycles. The standard InChI is InChI=1S/C37H32ClFN6O5/c38-29-14-7-8-21(33(29)39)17-41-34(46)32-16-22(18-45(32)36(48)43-30-19-44(35(40)47)31-15-6-5-13-27(30)31)42-37(49)50-20-28-25-11-3-1-9-23(25)24-10-2-4-12-26(24)28/h1-15,19,22,28,32H,16-18,20H2,(H2,40,47)(H,41,46)(H,42,49)(H,43,48)/t22-,32-/m0/s1. The summed E-state index contributed by atoms with van der Waals surface area (Å²) in [6.07, 6.45) is 0.776. The number of rotatable bonds is 7. The average molecular weight is 695 g/mol. The van der Waals surface area contributed by atoms with E-state index in [9.17, 15) is 23.6 Å². The summed E-state index contributed by atoms with van der Waals surface area (Å²) in [7, 11) is 0. The maximum atomic E-state index is 14.6. The van der Waals surface area contributed by atoms with Gasteiger partial charge in [-0.15, -0.1) is 0 Å². The molecule has 1 aliphatic heterocycles. The van der Waals surface area contributed by atoms with Gasteiger partial charge in [0.1, 0.15) is 18.5 Å². The van der Waals surface area contributed by atoms with Crippen molar-refractivity contribution in [2.24, 2.45) is 5.73 Å². The molecule has 5 amide bonds. The molecule has 5 aromatic rings. The number of ether oxygens (including phenoxy) is 1. The number of amides is 5. The van der Waals surface area contributed by atoms with Gasteiger partial charge in [-0.25, -0.2) is 18.8 Å². The number of nitrogens with one attached hydrogen (secondary N) is 3. The number of primary amides is 1. The smallest absolute Gasteiger partial charge is 0.407 e. The summed E-state index contributed by atoms with van der Waals surface area (Å²) in [5.74, 6) is -1.36. The van der Waals surface area contributed by atoms with Crippen LogP contribution in [0.25, 0.3) is 22.0 Å². The number of nitrogens with two attached hydrogens (primary N) is 1. The van der Waals surface area contributed by atoms with Gasteiger partial charge in [0.25, 0.3) is 0 Å². The maximum Gasteiger partial charge on any atom is 0.407 e. The lowest BCUT2D eigenvalue weighted by molar-refractivity contribution is -0.124. The summed E-state index contributed by atoms with van der Waals surface area (Å²) in [4.78, 5) is 53.9. The van der Waals surface area contributed by atoms with Gasteiger partial charge in [-0.3, -0.25) is 9.36 Å². The number of para-hydroxylation sites is 1. The molecule has 5 N–H and O–H groups in total. The van der Waals surface area contributed by atoms with Crippen LogP contribution in [0.15, 0.2) is 97.2 Å². The molecule has 1 aliphatic carbocycles. The SMILES string of the molecule is NC(=O)n1cc(NC(=O)N2C[C@@H](NC(=O)OCC3c4ccccc4-c4ccccc43)C[C@H]2C(=O)NCc2cccc(Cl)c2F)c2ccccc21. The highest BCUT2D eigenvalue weighted by atomic mass is 35.5. The Morgan fingerprint density at radius 1 is 0.900 bits per heavy atom. The number of carbonyl (C=O) groups excluding carboxylic acids is 4. The molecule has 1 fully saturated rings. The molecule has 0 bridgehead atoms. The zero-order valence-electron chi connectivity index (χ0n) is 26.6. The zero-order chi connectivity index (χ0) is 34.9. The molecule has 50 heavy (non-hydrogen) atoms. The van der Waals surface area contributed by atoms with Gasteiger partial charge in [0.05, 0.1) is 22.3 Å². The van der Waals surface area contributed by atoms with Crippen LogP contribution in [0, 0.1) is 5.82 Å². The zero-order valence-corrected chi connectivity index (χ0v) is 27.3. The highest BCUT2D eigenvalue weighted by Gasteiger charge is 2.41. The van der Waals surface area contributed by atoms with Crippen LogP contribution in [0.2, 0.25) is 5.02 Å². The second-order valence-electron chi connectivity index (χ2n) is 12.2. The Hall–Kier alpha value is -5.88. The minimum absolute atomic E-state index is 0.0336. The third-order valence-corrected chi connectivity index (χ3v) is 9.50. The van der Waals surface area contributed by atoms with E-state index in [-0.39, 0.29) is 42.6 Å². The van der Waals surface area contributed by atoms with Crippen LogP contribution < -0.4 is 21.7 Å². The fraction of sp³-hybridized carbons (Fsp3) is 0.189. The summed E-state index contributed by atoms with van der Waals surface area (Å²) < 4.78 is 21.5. The van der Waals surface area contributed by atoms with E-state index in [0.717, 1.165) is 22.3 Å². The highest BCUT2D eigenvalue weighted by Crippen LogP contribution is 2.44. The van der Waals surface area contributed by atoms with Gasteiger partial charge in [-0.2, -0.15) is 0 Å². The number of carbonyl (C=O) groups is 4. The Bertz CT molecular complexity index is 2110. The van der Waals surface area contributed by atoms with Crippen molar-refractivity contribution in [3.8, 4) is 11.1 Å². The lowest BCUT2D eigenvalue weighted by Gasteiger charge is -2.24. The molecule has 7 rings (SSSR count). The first kappa shape index (κ1) is 32.7. The Morgan fingerprint density at radius 2 is 1.58 bits per heavy atom. The molecule has 2 atom stereocenters. The van der Waals surface area contributed by atoms with E-state index in [1.54, 1.807) is 30.3 Å². The first-order valence-electron chi connectivity index (χ1n) is 16.0. The molecule has 0 spiro atoms. The van der Waals surface area contributed by atoms with Crippen molar-refractivity contribution in [2.45, 2.75) is 31.0 Å². The van der Waals surface area contributed by atoms with Crippen molar-refractivity contribution in [1.29, 1.82) is 0 Å². The van der Waals surface area contributed by atoms with E-state index >= 15 is 0 Å². The monoisotopic (exact) mass is 694 g/mol. The number of alkyl carbamates (subject to hydrolysis) is 1. The molecule has 4 aromatic carbocycles. The molecule has 254 valence electrons. The van der Waals surface area contributed by atoms with E-state index < -0.39 is 42.0 Å². The van der Waals surface area contributed by atoms with Gasteiger partial charge >= 0.3 is 18.2 Å². The number of hydrogen-bond donors (Lipinski definition) is 4. The summed E-state index contributed by atoms with van der Waals surface area (Å²) in [5.41, 5.74) is 10.8. The summed E-state index contributed by atoms with van der Waals surface area (Å²) in [5, 5.41) is 8.78. The van der Waals surface area contributed by atoms with Gasteiger partial charge in [-0.1, -0.05) is 90.5 Å². The van der Waals surface area contributed by atoms with E-state index in [1.165, 1.54) is 27.8 Å². The normalized spacial score (nSPS) is 16.5. The van der Waals surface area contributed by atoms with Gasteiger partial charge in [0.15, 0.2) is 0 Å². The predicted molar refractivity (Wildman–Crippen MR) is 186 cm³/mol. The lowest BCUT2D eigenvalue weighted by atomic mass is 9.98. The lowest BCUT2D eigenvalue weighted by Crippen LogP contribution is -2.47. The quantitative estimate of drug-likeness (QED) is 0.160. The fourth-order valence-corrected chi connectivity index (χ4v) is 7.05. The van der Waals surface area contributed by atoms with Gasteiger partial charge in [0, 0.05) is 36.2 Å². The first-order valence-corrected chi connectivity index (χ1v) is 16.4. The van der Waals surface area contributed by atoms with Gasteiger partial charge < -0.3 is 31.3 Å². The number of likely N-dealkylation sites (tertiary alicyclic amines) is 1. The Kier molecular flexibility index (Phi) is 8.85. The van der Waals surface area contributed by atoms with Gasteiger partial charge in [0.2, 0.25) is 5.91 Å². The topological polar surface area (TPSA) is 148 Å². The number of urea groups is 1. The number of benzene rings is 4. The highest BCUT2D eigenvalue weighted by molar-refractivity contribution is 6.30. The number of aromatic nitrogens is 1. The van der Waals surface area contributed by atoms with Crippen molar-refractivity contribution < 1.29 is 28.3 Å². The van der Waals surface area contributed by atoms with Crippen LogP contribution in [-0.4, -0.2) is 58.8 Å². The largest absolute Gasteiger partial charge is 0.449 e. The molecule has 0 radical (unpaired) electrons. The van der Waals surface area contributed by atoms with Crippen molar-refractivity contribution in [1.82, 2.24) is 20.1 Å². The summed E-state index contributed by atoms with van der Waals surface area (Å²) in [6.45, 7) is -0.113. The molecule has 1 saturated heterocycles. The number of fused-ring (bicyclic) bond motifs is 4. The van der Waals surface area contributed by atoms with Crippen LogP contribution in [0.3, 0.4) is 0 Å². The third-order valence-electron chi connectivity index (χ3n) is 9.21. The van der Waals surface area contributed by atoms with Crippen molar-refractivity contribution in [2.75, 3.05) is 18.5 Å². The molecule has 0 unspecified atom stereocenters.